The van der Waals surface area contributed by atoms with Crippen LogP contribution in [0.3, 0.4) is 0 Å². The zero-order valence-corrected chi connectivity index (χ0v) is 6.52. The largest absolute Gasteiger partial charge is 0.281 e. The second-order valence-electron chi connectivity index (χ2n) is 1.98. The Morgan fingerprint density at radius 2 is 2.17 bits per heavy atom. The van der Waals surface area contributed by atoms with Gasteiger partial charge >= 0.3 is 0 Å². The fraction of sp³-hybridized carbons (Fsp3) is 0.143. The molecule has 0 bridgehead atoms. The number of pyridine rings is 1. The fourth-order valence-electron chi connectivity index (χ4n) is 0.711. The van der Waals surface area contributed by atoms with Crippen LogP contribution in [-0.4, -0.2) is 4.98 Å². The molecule has 0 spiro atoms. The van der Waals surface area contributed by atoms with Crippen LogP contribution in [0.5, 0.6) is 0 Å². The summed E-state index contributed by atoms with van der Waals surface area (Å²) < 4.78 is 24.2. The van der Waals surface area contributed by atoms with E-state index in [9.17, 15) is 8.78 Å². The van der Waals surface area contributed by atoms with E-state index in [1.54, 1.807) is 6.07 Å². The molecule has 0 unspecified atom stereocenters. The Balaban J connectivity index is 3.24. The molecule has 1 heterocycles. The van der Waals surface area contributed by atoms with Gasteiger partial charge in [-0.25, -0.2) is 13.8 Å². The number of aromatic nitrogens is 1. The summed E-state index contributed by atoms with van der Waals surface area (Å²) >= 11 is 5.36. The number of nitriles is 1. The maximum atomic E-state index is 12.1. The van der Waals surface area contributed by atoms with Crippen LogP contribution in [0.4, 0.5) is 8.78 Å². The van der Waals surface area contributed by atoms with E-state index in [1.807, 2.05) is 0 Å². The summed E-state index contributed by atoms with van der Waals surface area (Å²) in [6.07, 6.45) is -2.77. The SMILES string of the molecule is N#Cc1ccc(Cl)nc1C(F)F. The van der Waals surface area contributed by atoms with Gasteiger partial charge in [-0.05, 0) is 12.1 Å². The first kappa shape index (κ1) is 8.88. The highest BCUT2D eigenvalue weighted by Crippen LogP contribution is 2.21. The van der Waals surface area contributed by atoms with E-state index in [-0.39, 0.29) is 10.7 Å². The molecular weight excluding hydrogens is 186 g/mol. The van der Waals surface area contributed by atoms with Crippen LogP contribution in [0.2, 0.25) is 5.15 Å². The van der Waals surface area contributed by atoms with Crippen molar-refractivity contribution in [1.82, 2.24) is 4.98 Å². The average molecular weight is 189 g/mol. The normalized spacial score (nSPS) is 9.92. The molecule has 1 rings (SSSR count). The van der Waals surface area contributed by atoms with E-state index < -0.39 is 12.1 Å². The summed E-state index contributed by atoms with van der Waals surface area (Å²) in [4.78, 5) is 3.34. The van der Waals surface area contributed by atoms with Gasteiger partial charge < -0.3 is 0 Å². The van der Waals surface area contributed by atoms with E-state index in [0.717, 1.165) is 0 Å². The van der Waals surface area contributed by atoms with E-state index in [1.165, 1.54) is 12.1 Å². The smallest absolute Gasteiger partial charge is 0.234 e. The zero-order chi connectivity index (χ0) is 9.14. The first-order valence-corrected chi connectivity index (χ1v) is 3.37. The molecule has 62 valence electrons. The Bertz CT molecular complexity index is 333. The topological polar surface area (TPSA) is 36.7 Å². The lowest BCUT2D eigenvalue weighted by molar-refractivity contribution is 0.145. The van der Waals surface area contributed by atoms with Crippen molar-refractivity contribution in [3.8, 4) is 6.07 Å². The second kappa shape index (κ2) is 3.46. The van der Waals surface area contributed by atoms with Gasteiger partial charge in [-0.1, -0.05) is 11.6 Å². The molecule has 0 fully saturated rings. The molecule has 1 aromatic rings. The summed E-state index contributed by atoms with van der Waals surface area (Å²) in [6, 6.07) is 4.12. The zero-order valence-electron chi connectivity index (χ0n) is 5.76. The van der Waals surface area contributed by atoms with E-state index in [2.05, 4.69) is 4.98 Å². The molecule has 0 amide bonds. The fourth-order valence-corrected chi connectivity index (χ4v) is 0.865. The minimum atomic E-state index is -2.77. The van der Waals surface area contributed by atoms with Gasteiger partial charge in [0.1, 0.15) is 16.9 Å². The number of halogens is 3. The monoisotopic (exact) mass is 188 g/mol. The minimum Gasteiger partial charge on any atom is -0.234 e. The number of nitrogens with zero attached hydrogens (tertiary/aromatic N) is 2. The highest BCUT2D eigenvalue weighted by molar-refractivity contribution is 6.29. The van der Waals surface area contributed by atoms with Gasteiger partial charge in [0.05, 0.1) is 5.56 Å². The summed E-state index contributed by atoms with van der Waals surface area (Å²) in [7, 11) is 0. The third-order valence-corrected chi connectivity index (χ3v) is 1.43. The van der Waals surface area contributed by atoms with Crippen molar-refractivity contribution in [2.45, 2.75) is 6.43 Å². The Morgan fingerprint density at radius 3 is 2.67 bits per heavy atom. The molecule has 0 saturated carbocycles. The third-order valence-electron chi connectivity index (χ3n) is 1.22. The van der Waals surface area contributed by atoms with Crippen molar-refractivity contribution >= 4 is 11.6 Å². The third kappa shape index (κ3) is 1.69. The van der Waals surface area contributed by atoms with Crippen LogP contribution in [0, 0.1) is 11.3 Å². The Morgan fingerprint density at radius 1 is 1.50 bits per heavy atom. The highest BCUT2D eigenvalue weighted by Gasteiger charge is 2.14. The standard InChI is InChI=1S/C7H3ClF2N2/c8-5-2-1-4(3-11)6(12-5)7(9)10/h1-2,7H. The van der Waals surface area contributed by atoms with Crippen LogP contribution in [-0.2, 0) is 0 Å². The van der Waals surface area contributed by atoms with Gasteiger partial charge in [-0.15, -0.1) is 0 Å². The molecule has 2 nitrogen and oxygen atoms in total. The van der Waals surface area contributed by atoms with Gasteiger partial charge in [0.15, 0.2) is 0 Å². The molecule has 0 aliphatic carbocycles. The Labute approximate surface area is 72.4 Å². The molecule has 0 aromatic carbocycles. The quantitative estimate of drug-likeness (QED) is 0.635. The maximum absolute atomic E-state index is 12.1. The predicted molar refractivity (Wildman–Crippen MR) is 38.9 cm³/mol. The van der Waals surface area contributed by atoms with Crippen LogP contribution in [0.15, 0.2) is 12.1 Å². The minimum absolute atomic E-state index is 0.0377. The summed E-state index contributed by atoms with van der Waals surface area (Å²) in [5, 5.41) is 8.35. The van der Waals surface area contributed by atoms with Crippen molar-refractivity contribution < 1.29 is 8.78 Å². The van der Waals surface area contributed by atoms with Gasteiger partial charge in [0, 0.05) is 0 Å². The Kier molecular flexibility index (Phi) is 2.56. The van der Waals surface area contributed by atoms with Gasteiger partial charge in [-0.2, -0.15) is 5.26 Å². The molecule has 0 radical (unpaired) electrons. The molecule has 0 aliphatic heterocycles. The van der Waals surface area contributed by atoms with Crippen molar-refractivity contribution in [1.29, 1.82) is 5.26 Å². The maximum Gasteiger partial charge on any atom is 0.281 e. The van der Waals surface area contributed by atoms with E-state index in [0.29, 0.717) is 0 Å². The molecule has 0 N–H and O–H groups in total. The van der Waals surface area contributed by atoms with Crippen molar-refractivity contribution in [3.05, 3.63) is 28.5 Å². The number of alkyl halides is 2. The number of hydrogen-bond acceptors (Lipinski definition) is 2. The first-order chi connectivity index (χ1) is 5.65. The molecule has 0 atom stereocenters. The lowest BCUT2D eigenvalue weighted by Gasteiger charge is -2.00. The van der Waals surface area contributed by atoms with E-state index in [4.69, 9.17) is 16.9 Å². The van der Waals surface area contributed by atoms with Crippen molar-refractivity contribution in [2.24, 2.45) is 0 Å². The Hall–Kier alpha value is -1.21. The van der Waals surface area contributed by atoms with Gasteiger partial charge in [0.25, 0.3) is 6.43 Å². The molecular formula is C7H3ClF2N2. The van der Waals surface area contributed by atoms with Gasteiger partial charge in [-0.3, -0.25) is 0 Å². The predicted octanol–water partition coefficient (Wildman–Crippen LogP) is 2.54. The summed E-state index contributed by atoms with van der Waals surface area (Å²) in [6.45, 7) is 0. The number of hydrogen-bond donors (Lipinski definition) is 0. The molecule has 0 saturated heterocycles. The molecule has 12 heavy (non-hydrogen) atoms. The average Bonchev–Trinajstić information content (AvgIpc) is 2.04. The van der Waals surface area contributed by atoms with Crippen LogP contribution in [0.25, 0.3) is 0 Å². The van der Waals surface area contributed by atoms with Gasteiger partial charge in [0.2, 0.25) is 0 Å². The van der Waals surface area contributed by atoms with E-state index >= 15 is 0 Å². The molecule has 0 aliphatic rings. The molecule has 1 aromatic heterocycles. The highest BCUT2D eigenvalue weighted by atomic mass is 35.5. The first-order valence-electron chi connectivity index (χ1n) is 3.00. The lowest BCUT2D eigenvalue weighted by Crippen LogP contribution is -1.94. The van der Waals surface area contributed by atoms with Crippen molar-refractivity contribution in [3.63, 3.8) is 0 Å². The van der Waals surface area contributed by atoms with Crippen molar-refractivity contribution in [2.75, 3.05) is 0 Å². The lowest BCUT2D eigenvalue weighted by atomic mass is 10.2. The molecule has 5 heteroatoms. The summed E-state index contributed by atoms with van der Waals surface area (Å²) in [5.74, 6) is 0. The number of rotatable bonds is 1. The van der Waals surface area contributed by atoms with Crippen LogP contribution < -0.4 is 0 Å². The second-order valence-corrected chi connectivity index (χ2v) is 2.37. The summed E-state index contributed by atoms with van der Waals surface area (Å²) in [5.41, 5.74) is -0.709. The van der Waals surface area contributed by atoms with Crippen LogP contribution in [0.1, 0.15) is 17.7 Å². The van der Waals surface area contributed by atoms with Crippen LogP contribution >= 0.6 is 11.6 Å².